The molecule has 3 N–H and O–H groups in total. The number of carboxylic acid groups (broad SMARTS) is 1. The minimum atomic E-state index is -0.944. The molecule has 0 rings (SSSR count). The molecular formula is C15H28N2O4. The van der Waals surface area contributed by atoms with Gasteiger partial charge in [-0.2, -0.15) is 0 Å². The van der Waals surface area contributed by atoms with E-state index in [0.717, 1.165) is 19.3 Å². The van der Waals surface area contributed by atoms with Crippen molar-refractivity contribution in [2.24, 2.45) is 0 Å². The van der Waals surface area contributed by atoms with Crippen molar-refractivity contribution in [1.82, 2.24) is 10.2 Å². The first-order valence-electron chi connectivity index (χ1n) is 7.49. The van der Waals surface area contributed by atoms with Crippen molar-refractivity contribution in [2.45, 2.75) is 45.6 Å². The predicted octanol–water partition coefficient (Wildman–Crippen LogP) is 1.01. The van der Waals surface area contributed by atoms with Gasteiger partial charge in [0, 0.05) is 26.1 Å². The van der Waals surface area contributed by atoms with E-state index in [1.54, 1.807) is 11.8 Å². The van der Waals surface area contributed by atoms with Crippen molar-refractivity contribution in [1.29, 1.82) is 0 Å². The van der Waals surface area contributed by atoms with Crippen LogP contribution in [-0.2, 0) is 9.59 Å². The summed E-state index contributed by atoms with van der Waals surface area (Å²) >= 11 is 0. The highest BCUT2D eigenvalue weighted by molar-refractivity contribution is 5.77. The molecule has 21 heavy (non-hydrogen) atoms. The summed E-state index contributed by atoms with van der Waals surface area (Å²) in [5.74, 6) is -1.02. The largest absolute Gasteiger partial charge is 0.480 e. The van der Waals surface area contributed by atoms with Gasteiger partial charge in [-0.3, -0.25) is 14.5 Å². The number of rotatable bonds is 12. The Morgan fingerprint density at radius 1 is 1.33 bits per heavy atom. The number of aliphatic hydroxyl groups is 1. The topological polar surface area (TPSA) is 89.9 Å². The van der Waals surface area contributed by atoms with E-state index in [4.69, 9.17) is 5.11 Å². The molecule has 0 aromatic carbocycles. The number of nitrogens with one attached hydrogen (secondary N) is 1. The summed E-state index contributed by atoms with van der Waals surface area (Å²) in [7, 11) is 0. The number of carbonyl (C=O) groups excluding carboxylic acids is 1. The standard InChI is InChI=1S/C15H28N2O4/c1-3-4-5-6-7-8-14(19)16-9-10-17(11-13(2)18)12-15(20)21/h6-7,13,18H,3-5,8-12H2,1-2H3,(H,16,19)(H,20,21)/b7-6+. The summed E-state index contributed by atoms with van der Waals surface area (Å²) in [4.78, 5) is 23.9. The maximum absolute atomic E-state index is 11.6. The maximum atomic E-state index is 11.6. The van der Waals surface area contributed by atoms with Crippen molar-refractivity contribution in [3.8, 4) is 0 Å². The number of aliphatic hydroxyl groups excluding tert-OH is 1. The molecule has 1 unspecified atom stereocenters. The molecule has 0 saturated heterocycles. The third kappa shape index (κ3) is 13.3. The molecule has 6 heteroatoms. The lowest BCUT2D eigenvalue weighted by Crippen LogP contribution is -2.40. The third-order valence-electron chi connectivity index (χ3n) is 2.83. The fourth-order valence-electron chi connectivity index (χ4n) is 1.86. The van der Waals surface area contributed by atoms with E-state index in [1.807, 2.05) is 12.2 Å². The number of allylic oxidation sites excluding steroid dienone is 1. The molecule has 0 saturated carbocycles. The second-order valence-corrected chi connectivity index (χ2v) is 5.15. The van der Waals surface area contributed by atoms with E-state index in [9.17, 15) is 14.7 Å². The van der Waals surface area contributed by atoms with Crippen LogP contribution >= 0.6 is 0 Å². The van der Waals surface area contributed by atoms with Crippen LogP contribution in [0.1, 0.15) is 39.5 Å². The van der Waals surface area contributed by atoms with Gasteiger partial charge in [-0.05, 0) is 13.3 Å². The van der Waals surface area contributed by atoms with Crippen LogP contribution in [0.15, 0.2) is 12.2 Å². The molecule has 0 bridgehead atoms. The number of hydrogen-bond acceptors (Lipinski definition) is 4. The van der Waals surface area contributed by atoms with Crippen molar-refractivity contribution < 1.29 is 19.8 Å². The van der Waals surface area contributed by atoms with Crippen LogP contribution in [0, 0.1) is 0 Å². The zero-order chi connectivity index (χ0) is 16.1. The minimum absolute atomic E-state index is 0.0740. The van der Waals surface area contributed by atoms with Crippen LogP contribution in [0.4, 0.5) is 0 Å². The highest BCUT2D eigenvalue weighted by Crippen LogP contribution is 1.96. The van der Waals surface area contributed by atoms with Crippen LogP contribution in [0.2, 0.25) is 0 Å². The van der Waals surface area contributed by atoms with Crippen molar-refractivity contribution in [2.75, 3.05) is 26.2 Å². The van der Waals surface area contributed by atoms with E-state index < -0.39 is 12.1 Å². The Bertz CT molecular complexity index is 330. The lowest BCUT2D eigenvalue weighted by molar-refractivity contribution is -0.138. The Morgan fingerprint density at radius 2 is 2.05 bits per heavy atom. The number of unbranched alkanes of at least 4 members (excludes halogenated alkanes) is 2. The lowest BCUT2D eigenvalue weighted by atomic mass is 10.2. The molecule has 0 heterocycles. The lowest BCUT2D eigenvalue weighted by Gasteiger charge is -2.21. The molecule has 0 spiro atoms. The van der Waals surface area contributed by atoms with E-state index in [0.29, 0.717) is 19.5 Å². The first-order valence-corrected chi connectivity index (χ1v) is 7.49. The van der Waals surface area contributed by atoms with Gasteiger partial charge in [0.2, 0.25) is 5.91 Å². The van der Waals surface area contributed by atoms with E-state index >= 15 is 0 Å². The highest BCUT2D eigenvalue weighted by Gasteiger charge is 2.12. The molecule has 0 aliphatic rings. The molecular weight excluding hydrogens is 272 g/mol. The van der Waals surface area contributed by atoms with Crippen LogP contribution < -0.4 is 5.32 Å². The molecule has 0 aromatic heterocycles. The SMILES string of the molecule is CCCC/C=C/CC(=O)NCCN(CC(=O)O)CC(C)O. The molecule has 0 fully saturated rings. The molecule has 0 radical (unpaired) electrons. The van der Waals surface area contributed by atoms with Gasteiger partial charge in [0.25, 0.3) is 0 Å². The number of carbonyl (C=O) groups is 2. The van der Waals surface area contributed by atoms with E-state index in [-0.39, 0.29) is 19.0 Å². The second-order valence-electron chi connectivity index (χ2n) is 5.15. The van der Waals surface area contributed by atoms with Crippen molar-refractivity contribution >= 4 is 11.9 Å². The summed E-state index contributed by atoms with van der Waals surface area (Å²) in [5.41, 5.74) is 0. The number of nitrogens with zero attached hydrogens (tertiary/aromatic N) is 1. The summed E-state index contributed by atoms with van der Waals surface area (Å²) < 4.78 is 0. The Labute approximate surface area is 126 Å². The average molecular weight is 300 g/mol. The quantitative estimate of drug-likeness (QED) is 0.370. The first-order chi connectivity index (χ1) is 9.95. The Morgan fingerprint density at radius 3 is 2.62 bits per heavy atom. The maximum Gasteiger partial charge on any atom is 0.317 e. The van der Waals surface area contributed by atoms with Crippen LogP contribution in [0.5, 0.6) is 0 Å². The highest BCUT2D eigenvalue weighted by atomic mass is 16.4. The number of amides is 1. The molecule has 122 valence electrons. The summed E-state index contributed by atoms with van der Waals surface area (Å²) in [6.45, 7) is 4.64. The average Bonchev–Trinajstić information content (AvgIpc) is 2.37. The summed E-state index contributed by atoms with van der Waals surface area (Å²) in [6, 6.07) is 0. The van der Waals surface area contributed by atoms with E-state index in [1.165, 1.54) is 0 Å². The molecule has 1 atom stereocenters. The van der Waals surface area contributed by atoms with E-state index in [2.05, 4.69) is 12.2 Å². The minimum Gasteiger partial charge on any atom is -0.480 e. The molecule has 0 aliphatic carbocycles. The van der Waals surface area contributed by atoms with Crippen LogP contribution in [0.25, 0.3) is 0 Å². The predicted molar refractivity (Wildman–Crippen MR) is 82.0 cm³/mol. The molecule has 0 aliphatic heterocycles. The fourth-order valence-corrected chi connectivity index (χ4v) is 1.86. The van der Waals surface area contributed by atoms with Crippen molar-refractivity contribution in [3.05, 3.63) is 12.2 Å². The van der Waals surface area contributed by atoms with Crippen LogP contribution in [-0.4, -0.2) is 59.3 Å². The third-order valence-corrected chi connectivity index (χ3v) is 2.83. The zero-order valence-electron chi connectivity index (χ0n) is 13.0. The summed E-state index contributed by atoms with van der Waals surface area (Å²) in [6.07, 6.45) is 6.87. The van der Waals surface area contributed by atoms with Gasteiger partial charge in [0.15, 0.2) is 0 Å². The first kappa shape index (κ1) is 19.6. The van der Waals surface area contributed by atoms with Gasteiger partial charge in [0.1, 0.15) is 0 Å². The fraction of sp³-hybridized carbons (Fsp3) is 0.733. The smallest absolute Gasteiger partial charge is 0.317 e. The second kappa shape index (κ2) is 12.3. The number of carboxylic acids is 1. The van der Waals surface area contributed by atoms with Gasteiger partial charge in [-0.15, -0.1) is 0 Å². The van der Waals surface area contributed by atoms with Gasteiger partial charge < -0.3 is 15.5 Å². The zero-order valence-corrected chi connectivity index (χ0v) is 13.0. The Hall–Kier alpha value is -1.40. The van der Waals surface area contributed by atoms with Gasteiger partial charge in [0.05, 0.1) is 12.6 Å². The Balaban J connectivity index is 3.88. The Kier molecular flexibility index (Phi) is 11.5. The van der Waals surface area contributed by atoms with Gasteiger partial charge in [-0.1, -0.05) is 31.9 Å². The normalized spacial score (nSPS) is 12.8. The number of hydrogen-bond donors (Lipinski definition) is 3. The summed E-state index contributed by atoms with van der Waals surface area (Å²) in [5, 5.41) is 20.8. The molecule has 6 nitrogen and oxygen atoms in total. The molecule has 1 amide bonds. The monoisotopic (exact) mass is 300 g/mol. The van der Waals surface area contributed by atoms with Gasteiger partial charge in [-0.25, -0.2) is 0 Å². The number of aliphatic carboxylic acids is 1. The van der Waals surface area contributed by atoms with Crippen LogP contribution in [0.3, 0.4) is 0 Å². The van der Waals surface area contributed by atoms with Crippen molar-refractivity contribution in [3.63, 3.8) is 0 Å². The molecule has 0 aromatic rings. The van der Waals surface area contributed by atoms with Gasteiger partial charge >= 0.3 is 5.97 Å².